The topological polar surface area (TPSA) is 86.6 Å². The van der Waals surface area contributed by atoms with Crippen molar-refractivity contribution in [2.24, 2.45) is 29.1 Å². The maximum absolute atomic E-state index is 12.8. The number of fused-ring (bicyclic) bond motifs is 1. The van der Waals surface area contributed by atoms with Crippen molar-refractivity contribution in [2.45, 2.75) is 59.1 Å². The Bertz CT molecular complexity index is 720. The summed E-state index contributed by atoms with van der Waals surface area (Å²) in [6, 6.07) is -0.986. The van der Waals surface area contributed by atoms with Gasteiger partial charge in [-0.3, -0.25) is 9.59 Å². The van der Waals surface area contributed by atoms with Crippen LogP contribution >= 0.6 is 0 Å². The Morgan fingerprint density at radius 1 is 1.33 bits per heavy atom. The molecule has 5 heteroatoms. The van der Waals surface area contributed by atoms with Gasteiger partial charge >= 0.3 is 0 Å². The summed E-state index contributed by atoms with van der Waals surface area (Å²) in [4.78, 5) is 25.3. The number of carbonyl (C=O) groups excluding carboxylic acids is 2. The van der Waals surface area contributed by atoms with Crippen molar-refractivity contribution in [2.75, 3.05) is 0 Å². The number of carbonyl (C=O) groups is 2. The third-order valence-corrected chi connectivity index (χ3v) is 6.86. The molecule has 148 valence electrons. The molecule has 2 aliphatic carbocycles. The number of allylic oxidation sites excluding steroid dienone is 5. The predicted molar refractivity (Wildman–Crippen MR) is 104 cm³/mol. The number of rotatable bonds is 3. The fourth-order valence-corrected chi connectivity index (χ4v) is 5.28. The zero-order valence-electron chi connectivity index (χ0n) is 16.6. The van der Waals surface area contributed by atoms with Gasteiger partial charge < -0.3 is 15.5 Å². The van der Waals surface area contributed by atoms with Gasteiger partial charge in [-0.25, -0.2) is 0 Å². The van der Waals surface area contributed by atoms with E-state index in [2.05, 4.69) is 24.4 Å². The van der Waals surface area contributed by atoms with E-state index in [9.17, 15) is 19.8 Å². The summed E-state index contributed by atoms with van der Waals surface area (Å²) in [6.07, 6.45) is 10.4. The molecule has 0 bridgehead atoms. The van der Waals surface area contributed by atoms with E-state index in [1.807, 2.05) is 26.0 Å². The second kappa shape index (κ2) is 7.27. The second-order valence-electron chi connectivity index (χ2n) is 8.69. The number of nitrogens with one attached hydrogen (secondary N) is 1. The Morgan fingerprint density at radius 3 is 2.63 bits per heavy atom. The zero-order valence-corrected chi connectivity index (χ0v) is 16.6. The Balaban J connectivity index is 2.11. The summed E-state index contributed by atoms with van der Waals surface area (Å²) in [5.41, 5.74) is -0.896. The van der Waals surface area contributed by atoms with E-state index in [1.54, 1.807) is 0 Å². The molecule has 0 radical (unpaired) electrons. The van der Waals surface area contributed by atoms with Gasteiger partial charge in [-0.1, -0.05) is 44.6 Å². The first-order valence-corrected chi connectivity index (χ1v) is 9.99. The highest BCUT2D eigenvalue weighted by Crippen LogP contribution is 2.56. The third-order valence-electron chi connectivity index (χ3n) is 6.86. The molecule has 2 fully saturated rings. The van der Waals surface area contributed by atoms with Gasteiger partial charge in [0.2, 0.25) is 0 Å². The number of amides is 1. The van der Waals surface area contributed by atoms with Crippen LogP contribution in [0.25, 0.3) is 0 Å². The molecule has 0 unspecified atom stereocenters. The van der Waals surface area contributed by atoms with Crippen molar-refractivity contribution in [1.29, 1.82) is 0 Å². The lowest BCUT2D eigenvalue weighted by Crippen LogP contribution is -2.45. The monoisotopic (exact) mass is 373 g/mol. The molecular formula is C22H31NO4. The average molecular weight is 373 g/mol. The fraction of sp³-hybridized carbons (Fsp3) is 0.636. The molecule has 5 nitrogen and oxygen atoms in total. The van der Waals surface area contributed by atoms with Gasteiger partial charge in [-0.15, -0.1) is 0 Å². The molecule has 3 aliphatic rings. The van der Waals surface area contributed by atoms with Crippen molar-refractivity contribution >= 4 is 11.7 Å². The van der Waals surface area contributed by atoms with Crippen molar-refractivity contribution in [3.8, 4) is 0 Å². The van der Waals surface area contributed by atoms with E-state index in [-0.39, 0.29) is 23.2 Å². The number of ketones is 1. The Kier molecular flexibility index (Phi) is 5.35. The molecule has 0 aromatic carbocycles. The van der Waals surface area contributed by atoms with Crippen LogP contribution < -0.4 is 5.32 Å². The summed E-state index contributed by atoms with van der Waals surface area (Å²) < 4.78 is 0. The zero-order chi connectivity index (χ0) is 19.9. The molecule has 0 aromatic rings. The van der Waals surface area contributed by atoms with Gasteiger partial charge in [0.15, 0.2) is 5.78 Å². The molecule has 0 spiro atoms. The maximum Gasteiger partial charge on any atom is 0.259 e. The summed E-state index contributed by atoms with van der Waals surface area (Å²) in [7, 11) is 0. The Morgan fingerprint density at radius 2 is 2.04 bits per heavy atom. The normalized spacial score (nSPS) is 42.2. The van der Waals surface area contributed by atoms with E-state index >= 15 is 0 Å². The lowest BCUT2D eigenvalue weighted by molar-refractivity contribution is -0.118. The van der Waals surface area contributed by atoms with Crippen molar-refractivity contribution in [3.05, 3.63) is 35.6 Å². The number of hydrogen-bond acceptors (Lipinski definition) is 4. The Labute approximate surface area is 161 Å². The van der Waals surface area contributed by atoms with E-state index in [0.717, 1.165) is 19.3 Å². The van der Waals surface area contributed by atoms with Gasteiger partial charge in [-0.05, 0) is 44.4 Å². The van der Waals surface area contributed by atoms with Gasteiger partial charge in [0.1, 0.15) is 17.4 Å². The van der Waals surface area contributed by atoms with Crippen molar-refractivity contribution in [3.63, 3.8) is 0 Å². The van der Waals surface area contributed by atoms with E-state index in [4.69, 9.17) is 0 Å². The number of Topliss-reactive ketones (excluding diaryl/α,β-unsaturated/α-hetero) is 1. The van der Waals surface area contributed by atoms with Gasteiger partial charge in [0.05, 0.1) is 6.10 Å². The molecule has 3 rings (SSSR count). The Hall–Kier alpha value is -1.88. The van der Waals surface area contributed by atoms with E-state index < -0.39 is 29.3 Å². The first-order valence-electron chi connectivity index (χ1n) is 9.99. The largest absolute Gasteiger partial charge is 0.511 e. The number of aliphatic hydroxyl groups excluding tert-OH is 2. The number of aliphatic hydroxyl groups is 2. The highest BCUT2D eigenvalue weighted by molar-refractivity contribution is 6.27. The smallest absolute Gasteiger partial charge is 0.259 e. The lowest BCUT2D eigenvalue weighted by Gasteiger charge is -2.50. The molecule has 1 aliphatic heterocycles. The van der Waals surface area contributed by atoms with Crippen LogP contribution in [0, 0.1) is 29.1 Å². The van der Waals surface area contributed by atoms with E-state index in [0.29, 0.717) is 11.8 Å². The summed E-state index contributed by atoms with van der Waals surface area (Å²) in [5.74, 6) is -0.179. The van der Waals surface area contributed by atoms with Crippen molar-refractivity contribution in [1.82, 2.24) is 5.32 Å². The van der Waals surface area contributed by atoms with Crippen LogP contribution in [0.5, 0.6) is 0 Å². The highest BCUT2D eigenvalue weighted by Gasteiger charge is 2.53. The molecule has 3 N–H and O–H groups in total. The molecule has 1 saturated heterocycles. The minimum atomic E-state index is -1.000. The molecule has 7 atom stereocenters. The van der Waals surface area contributed by atoms with Gasteiger partial charge in [0.25, 0.3) is 5.91 Å². The molecule has 27 heavy (non-hydrogen) atoms. The predicted octanol–water partition coefficient (Wildman–Crippen LogP) is 3.07. The van der Waals surface area contributed by atoms with Crippen LogP contribution in [-0.2, 0) is 9.59 Å². The first-order chi connectivity index (χ1) is 12.7. The van der Waals surface area contributed by atoms with Crippen LogP contribution in [0.3, 0.4) is 0 Å². The quantitative estimate of drug-likeness (QED) is 0.307. The standard InChI is InChI=1S/C22H31NO4/c1-5-6-15-9-8-14-11-12(2)7-10-16(14)22(15,4)20(26)17-19(25)18(13(3)24)23-21(17)27/h5-6,8-9,12-16,18,24,26H,7,10-11H2,1-4H3,(H,23,27)/b6-5+,20-17+/t12-,13+,14-,15-,16-,18-,22-/m1/s1. The highest BCUT2D eigenvalue weighted by atomic mass is 16.3. The SMILES string of the molecule is C/C=C/[C@@H]1C=C[C@@H]2C[C@H](C)CC[C@H]2[C@]1(C)/C(O)=C1\C(=O)N[C@H]([C@H](C)O)C1=O. The third kappa shape index (κ3) is 3.16. The minimum absolute atomic E-state index is 0.0872. The van der Waals surface area contributed by atoms with Crippen molar-refractivity contribution < 1.29 is 19.8 Å². The summed E-state index contributed by atoms with van der Waals surface area (Å²) in [6.45, 7) is 7.63. The van der Waals surface area contributed by atoms with Crippen LogP contribution in [0.1, 0.15) is 47.0 Å². The van der Waals surface area contributed by atoms with Gasteiger partial charge in [0, 0.05) is 11.3 Å². The average Bonchev–Trinajstić information content (AvgIpc) is 2.91. The first kappa shape index (κ1) is 19.9. The lowest BCUT2D eigenvalue weighted by atomic mass is 9.54. The number of hydrogen-bond donors (Lipinski definition) is 3. The van der Waals surface area contributed by atoms with E-state index in [1.165, 1.54) is 6.92 Å². The fourth-order valence-electron chi connectivity index (χ4n) is 5.28. The van der Waals surface area contributed by atoms with Gasteiger partial charge in [-0.2, -0.15) is 0 Å². The molecule has 1 saturated carbocycles. The molecule has 1 amide bonds. The minimum Gasteiger partial charge on any atom is -0.511 e. The molecule has 1 heterocycles. The van der Waals surface area contributed by atoms with Crippen LogP contribution in [0.4, 0.5) is 0 Å². The van der Waals surface area contributed by atoms with Crippen LogP contribution in [0.15, 0.2) is 35.6 Å². The summed E-state index contributed by atoms with van der Waals surface area (Å²) in [5, 5.41) is 23.7. The molecule has 0 aromatic heterocycles. The molecular weight excluding hydrogens is 342 g/mol. The summed E-state index contributed by atoms with van der Waals surface area (Å²) >= 11 is 0. The second-order valence-corrected chi connectivity index (χ2v) is 8.69. The van der Waals surface area contributed by atoms with Crippen LogP contribution in [-0.4, -0.2) is 34.0 Å². The maximum atomic E-state index is 12.8. The van der Waals surface area contributed by atoms with Crippen LogP contribution in [0.2, 0.25) is 0 Å².